The third-order valence-electron chi connectivity index (χ3n) is 9.77. The van der Waals surface area contributed by atoms with Crippen LogP contribution in [0.15, 0.2) is 103 Å². The molecule has 54 heavy (non-hydrogen) atoms. The summed E-state index contributed by atoms with van der Waals surface area (Å²) < 4.78 is 5.78. The number of hydrogen-bond donors (Lipinski definition) is 6. The molecule has 2 aliphatic rings. The summed E-state index contributed by atoms with van der Waals surface area (Å²) in [4.78, 5) is 67.0. The van der Waals surface area contributed by atoms with Crippen molar-refractivity contribution in [2.45, 2.75) is 62.6 Å². The molecule has 4 aromatic rings. The lowest BCUT2D eigenvalue weighted by molar-refractivity contribution is -0.132. The van der Waals surface area contributed by atoms with Gasteiger partial charge in [-0.1, -0.05) is 91.0 Å². The lowest BCUT2D eigenvalue weighted by Crippen LogP contribution is -2.57. The lowest BCUT2D eigenvalue weighted by Gasteiger charge is -2.26. The molecule has 1 aliphatic carbocycles. The van der Waals surface area contributed by atoms with Crippen LogP contribution in [-0.4, -0.2) is 72.7 Å². The van der Waals surface area contributed by atoms with Crippen molar-refractivity contribution in [1.29, 1.82) is 0 Å². The molecule has 0 radical (unpaired) electrons. The monoisotopic (exact) mass is 731 g/mol. The number of aromatic hydroxyl groups is 1. The standard InChI is InChI=1S/C42H45N5O7/c48-29-19-17-28(18-20-29)25-36-39(50)44-23-21-38(49)43-22-9-8-16-35(40(51)46-36)45-41(52)37(24-27-10-2-1-3-11-27)47-42(53)54-26-34-32-14-6-4-12-30(32)31-13-5-7-15-33(31)34/h1-7,10-15,17-20,34-37,48H,8-9,16,21-26H2,(H,43,49)(H,44,50)(H,45,52)(H,46,51)(H,47,53)/t35-,36+,37-/m0/s1. The van der Waals surface area contributed by atoms with Crippen LogP contribution in [-0.2, 0) is 36.8 Å². The number of phenolic OH excluding ortho intramolecular Hbond substituents is 1. The van der Waals surface area contributed by atoms with E-state index in [1.54, 1.807) is 12.1 Å². The molecule has 4 aromatic carbocycles. The molecule has 5 amide bonds. The molecule has 0 spiro atoms. The van der Waals surface area contributed by atoms with Gasteiger partial charge in [0.25, 0.3) is 0 Å². The van der Waals surface area contributed by atoms with Gasteiger partial charge in [-0.05, 0) is 64.8 Å². The Morgan fingerprint density at radius 2 is 1.43 bits per heavy atom. The lowest BCUT2D eigenvalue weighted by atomic mass is 9.98. The third kappa shape index (κ3) is 9.82. The van der Waals surface area contributed by atoms with E-state index in [-0.39, 0.29) is 56.4 Å². The number of amides is 5. The van der Waals surface area contributed by atoms with E-state index in [1.165, 1.54) is 12.1 Å². The van der Waals surface area contributed by atoms with Gasteiger partial charge in [-0.2, -0.15) is 0 Å². The molecule has 1 aliphatic heterocycles. The van der Waals surface area contributed by atoms with E-state index >= 15 is 0 Å². The first-order valence-corrected chi connectivity index (χ1v) is 18.3. The van der Waals surface area contributed by atoms with Gasteiger partial charge in [0.2, 0.25) is 23.6 Å². The van der Waals surface area contributed by atoms with Crippen molar-refractivity contribution in [2.24, 2.45) is 0 Å². The maximum absolute atomic E-state index is 14.1. The number of fused-ring (bicyclic) bond motifs is 3. The average Bonchev–Trinajstić information content (AvgIpc) is 3.50. The van der Waals surface area contributed by atoms with Crippen molar-refractivity contribution in [3.63, 3.8) is 0 Å². The Hall–Kier alpha value is -6.17. The van der Waals surface area contributed by atoms with Gasteiger partial charge in [0.15, 0.2) is 0 Å². The highest BCUT2D eigenvalue weighted by Crippen LogP contribution is 2.44. The summed E-state index contributed by atoms with van der Waals surface area (Å²) in [7, 11) is 0. The molecule has 12 nitrogen and oxygen atoms in total. The van der Waals surface area contributed by atoms with E-state index in [4.69, 9.17) is 4.74 Å². The van der Waals surface area contributed by atoms with Gasteiger partial charge in [0.05, 0.1) is 0 Å². The maximum atomic E-state index is 14.1. The molecule has 0 unspecified atom stereocenters. The summed E-state index contributed by atoms with van der Waals surface area (Å²) in [6.07, 6.45) is 0.794. The fraction of sp³-hybridized carbons (Fsp3) is 0.310. The van der Waals surface area contributed by atoms with Crippen LogP contribution >= 0.6 is 0 Å². The molecule has 1 saturated heterocycles. The molecule has 6 N–H and O–H groups in total. The number of benzene rings is 4. The molecular weight excluding hydrogens is 686 g/mol. The Balaban J connectivity index is 1.17. The van der Waals surface area contributed by atoms with Crippen molar-refractivity contribution in [1.82, 2.24) is 26.6 Å². The number of alkyl carbamates (subject to hydrolysis) is 1. The summed E-state index contributed by atoms with van der Waals surface area (Å²) >= 11 is 0. The first-order valence-electron chi connectivity index (χ1n) is 18.3. The van der Waals surface area contributed by atoms with Crippen LogP contribution in [0.4, 0.5) is 4.79 Å². The van der Waals surface area contributed by atoms with Crippen LogP contribution in [0.1, 0.15) is 53.9 Å². The smallest absolute Gasteiger partial charge is 0.407 e. The van der Waals surface area contributed by atoms with Crippen LogP contribution in [0.25, 0.3) is 11.1 Å². The number of carbonyl (C=O) groups is 5. The second-order valence-corrected chi connectivity index (χ2v) is 13.6. The van der Waals surface area contributed by atoms with Crippen LogP contribution in [0, 0.1) is 0 Å². The number of rotatable bonds is 9. The zero-order chi connectivity index (χ0) is 37.9. The fourth-order valence-corrected chi connectivity index (χ4v) is 6.94. The van der Waals surface area contributed by atoms with Gasteiger partial charge in [0, 0.05) is 38.3 Å². The molecule has 0 aromatic heterocycles. The van der Waals surface area contributed by atoms with E-state index in [9.17, 15) is 29.1 Å². The number of ether oxygens (including phenoxy) is 1. The normalized spacial score (nSPS) is 18.4. The molecule has 1 fully saturated rings. The van der Waals surface area contributed by atoms with Gasteiger partial charge in [-0.15, -0.1) is 0 Å². The predicted octanol–water partition coefficient (Wildman–Crippen LogP) is 3.86. The minimum Gasteiger partial charge on any atom is -0.508 e. The van der Waals surface area contributed by atoms with E-state index in [2.05, 4.69) is 26.6 Å². The Labute approximate surface area is 314 Å². The average molecular weight is 732 g/mol. The zero-order valence-electron chi connectivity index (χ0n) is 29.9. The molecule has 1 heterocycles. The van der Waals surface area contributed by atoms with Gasteiger partial charge < -0.3 is 36.4 Å². The van der Waals surface area contributed by atoms with Crippen molar-refractivity contribution < 1.29 is 33.8 Å². The summed E-state index contributed by atoms with van der Waals surface area (Å²) in [6.45, 7) is 0.513. The van der Waals surface area contributed by atoms with Gasteiger partial charge in [0.1, 0.15) is 30.5 Å². The molecule has 3 atom stereocenters. The summed E-state index contributed by atoms with van der Waals surface area (Å²) in [5.41, 5.74) is 5.77. The van der Waals surface area contributed by atoms with Crippen LogP contribution in [0.3, 0.4) is 0 Å². The topological polar surface area (TPSA) is 175 Å². The van der Waals surface area contributed by atoms with Crippen molar-refractivity contribution in [2.75, 3.05) is 19.7 Å². The zero-order valence-corrected chi connectivity index (χ0v) is 29.9. The SMILES string of the molecule is O=C1CCNC(=O)[C@@H](Cc2ccc(O)cc2)NC(=O)[C@@H](NC(=O)[C@H](Cc2ccccc2)NC(=O)OCC2c3ccccc3-c3ccccc32)CCCCN1. The Kier molecular flexibility index (Phi) is 12.6. The second kappa shape index (κ2) is 18.0. The molecule has 0 bridgehead atoms. The highest BCUT2D eigenvalue weighted by Gasteiger charge is 2.32. The fourth-order valence-electron chi connectivity index (χ4n) is 6.94. The molecule has 280 valence electrons. The molecular formula is C42H45N5O7. The van der Waals surface area contributed by atoms with E-state index in [0.29, 0.717) is 24.9 Å². The number of hydrogen-bond acceptors (Lipinski definition) is 7. The summed E-state index contributed by atoms with van der Waals surface area (Å²) in [5, 5.41) is 23.7. The predicted molar refractivity (Wildman–Crippen MR) is 202 cm³/mol. The van der Waals surface area contributed by atoms with Gasteiger partial charge in [-0.3, -0.25) is 19.2 Å². The first-order chi connectivity index (χ1) is 26.2. The third-order valence-corrected chi connectivity index (χ3v) is 9.77. The first kappa shape index (κ1) is 37.6. The molecule has 12 heteroatoms. The molecule has 0 saturated carbocycles. The summed E-state index contributed by atoms with van der Waals surface area (Å²) in [5.74, 6) is -1.98. The number of carbonyl (C=O) groups excluding carboxylic acids is 5. The maximum Gasteiger partial charge on any atom is 0.407 e. The van der Waals surface area contributed by atoms with Gasteiger partial charge in [-0.25, -0.2) is 4.79 Å². The van der Waals surface area contributed by atoms with Crippen LogP contribution < -0.4 is 26.6 Å². The number of phenols is 1. The van der Waals surface area contributed by atoms with Crippen molar-refractivity contribution in [3.8, 4) is 16.9 Å². The highest BCUT2D eigenvalue weighted by atomic mass is 16.5. The van der Waals surface area contributed by atoms with Gasteiger partial charge >= 0.3 is 6.09 Å². The van der Waals surface area contributed by atoms with Crippen LogP contribution in [0.2, 0.25) is 0 Å². The van der Waals surface area contributed by atoms with E-state index in [1.807, 2.05) is 78.9 Å². The Bertz CT molecular complexity index is 1910. The Morgan fingerprint density at radius 1 is 0.759 bits per heavy atom. The quantitative estimate of drug-likeness (QED) is 0.152. The molecule has 6 rings (SSSR count). The number of nitrogens with one attached hydrogen (secondary N) is 5. The summed E-state index contributed by atoms with van der Waals surface area (Å²) in [6, 6.07) is 28.3. The largest absolute Gasteiger partial charge is 0.508 e. The van der Waals surface area contributed by atoms with Crippen molar-refractivity contribution >= 4 is 29.7 Å². The minimum atomic E-state index is -1.10. The van der Waals surface area contributed by atoms with Crippen molar-refractivity contribution in [3.05, 3.63) is 125 Å². The second-order valence-electron chi connectivity index (χ2n) is 13.6. The highest BCUT2D eigenvalue weighted by molar-refractivity contribution is 5.94. The minimum absolute atomic E-state index is 0.0591. The Morgan fingerprint density at radius 3 is 2.13 bits per heavy atom. The van der Waals surface area contributed by atoms with E-state index in [0.717, 1.165) is 27.8 Å². The van der Waals surface area contributed by atoms with E-state index < -0.39 is 41.9 Å². The van der Waals surface area contributed by atoms with Crippen LogP contribution in [0.5, 0.6) is 5.75 Å².